The summed E-state index contributed by atoms with van der Waals surface area (Å²) in [6, 6.07) is 9.30. The molecule has 0 unspecified atom stereocenters. The Morgan fingerprint density at radius 1 is 1.25 bits per heavy atom. The predicted molar refractivity (Wildman–Crippen MR) is 79.6 cm³/mol. The SMILES string of the molecule is COc1ccc(C)cc1NC(=O)/C=C/c1ccncc1. The number of carbonyl (C=O) groups excluding carboxylic acids is 1. The van der Waals surface area contributed by atoms with Crippen molar-refractivity contribution in [1.29, 1.82) is 0 Å². The number of ether oxygens (including phenoxy) is 1. The Bertz CT molecular complexity index is 622. The molecule has 4 heteroatoms. The molecule has 2 rings (SSSR count). The van der Waals surface area contributed by atoms with Gasteiger partial charge >= 0.3 is 0 Å². The third-order valence-electron chi connectivity index (χ3n) is 2.75. The van der Waals surface area contributed by atoms with Crippen molar-refractivity contribution >= 4 is 17.7 Å². The molecule has 0 fully saturated rings. The number of hydrogen-bond acceptors (Lipinski definition) is 3. The Kier molecular flexibility index (Phi) is 4.50. The second kappa shape index (κ2) is 6.52. The van der Waals surface area contributed by atoms with Gasteiger partial charge in [0.15, 0.2) is 0 Å². The molecule has 1 amide bonds. The summed E-state index contributed by atoms with van der Waals surface area (Å²) in [5, 5.41) is 2.81. The average molecular weight is 268 g/mol. The summed E-state index contributed by atoms with van der Waals surface area (Å²) < 4.78 is 5.22. The van der Waals surface area contributed by atoms with Crippen molar-refractivity contribution in [2.45, 2.75) is 6.92 Å². The molecule has 0 aliphatic rings. The van der Waals surface area contributed by atoms with Crippen LogP contribution in [0.15, 0.2) is 48.8 Å². The molecule has 1 N–H and O–H groups in total. The highest BCUT2D eigenvalue weighted by molar-refractivity contribution is 6.02. The Morgan fingerprint density at radius 2 is 2.00 bits per heavy atom. The lowest BCUT2D eigenvalue weighted by molar-refractivity contribution is -0.111. The molecule has 1 aromatic heterocycles. The topological polar surface area (TPSA) is 51.2 Å². The van der Waals surface area contributed by atoms with Crippen molar-refractivity contribution in [3.8, 4) is 5.75 Å². The first kappa shape index (κ1) is 13.8. The zero-order valence-electron chi connectivity index (χ0n) is 11.5. The van der Waals surface area contributed by atoms with E-state index in [0.29, 0.717) is 11.4 Å². The van der Waals surface area contributed by atoms with Crippen molar-refractivity contribution in [1.82, 2.24) is 4.98 Å². The van der Waals surface area contributed by atoms with Gasteiger partial charge in [-0.2, -0.15) is 0 Å². The number of hydrogen-bond donors (Lipinski definition) is 1. The largest absolute Gasteiger partial charge is 0.495 e. The standard InChI is InChI=1S/C16H16N2O2/c1-12-3-5-15(20-2)14(11-12)18-16(19)6-4-13-7-9-17-10-8-13/h3-11H,1-2H3,(H,18,19)/b6-4+. The van der Waals surface area contributed by atoms with E-state index < -0.39 is 0 Å². The first-order valence-electron chi connectivity index (χ1n) is 6.23. The van der Waals surface area contributed by atoms with E-state index in [2.05, 4.69) is 10.3 Å². The molecule has 4 nitrogen and oxygen atoms in total. The van der Waals surface area contributed by atoms with Crippen LogP contribution in [0.5, 0.6) is 5.75 Å². The summed E-state index contributed by atoms with van der Waals surface area (Å²) in [5.41, 5.74) is 2.64. The van der Waals surface area contributed by atoms with E-state index in [1.807, 2.05) is 37.3 Å². The lowest BCUT2D eigenvalue weighted by Gasteiger charge is -2.09. The van der Waals surface area contributed by atoms with Crippen LogP contribution in [0.1, 0.15) is 11.1 Å². The molecule has 0 saturated carbocycles. The van der Waals surface area contributed by atoms with Crippen LogP contribution in [-0.4, -0.2) is 18.0 Å². The molecule has 20 heavy (non-hydrogen) atoms. The molecule has 0 radical (unpaired) electrons. The van der Waals surface area contributed by atoms with Crippen molar-refractivity contribution in [2.24, 2.45) is 0 Å². The fourth-order valence-corrected chi connectivity index (χ4v) is 1.74. The number of nitrogens with zero attached hydrogens (tertiary/aromatic N) is 1. The van der Waals surface area contributed by atoms with Crippen molar-refractivity contribution < 1.29 is 9.53 Å². The zero-order chi connectivity index (χ0) is 14.4. The van der Waals surface area contributed by atoms with E-state index in [4.69, 9.17) is 4.74 Å². The number of benzene rings is 1. The van der Waals surface area contributed by atoms with Gasteiger partial charge in [-0.05, 0) is 48.4 Å². The number of rotatable bonds is 4. The fraction of sp³-hybridized carbons (Fsp3) is 0.125. The van der Waals surface area contributed by atoms with Crippen LogP contribution in [-0.2, 0) is 4.79 Å². The lowest BCUT2D eigenvalue weighted by Crippen LogP contribution is -2.09. The number of aromatic nitrogens is 1. The minimum absolute atomic E-state index is 0.203. The number of carbonyl (C=O) groups is 1. The number of pyridine rings is 1. The number of nitrogens with one attached hydrogen (secondary N) is 1. The first-order valence-corrected chi connectivity index (χ1v) is 6.23. The summed E-state index contributed by atoms with van der Waals surface area (Å²) in [6.07, 6.45) is 6.58. The molecule has 0 saturated heterocycles. The van der Waals surface area contributed by atoms with E-state index in [-0.39, 0.29) is 5.91 Å². The predicted octanol–water partition coefficient (Wildman–Crippen LogP) is 3.05. The van der Waals surface area contributed by atoms with Gasteiger partial charge in [-0.1, -0.05) is 6.07 Å². The molecule has 1 aromatic carbocycles. The number of aryl methyl sites for hydroxylation is 1. The molecule has 1 heterocycles. The van der Waals surface area contributed by atoms with Gasteiger partial charge in [-0.25, -0.2) is 0 Å². The van der Waals surface area contributed by atoms with E-state index >= 15 is 0 Å². The minimum atomic E-state index is -0.203. The maximum absolute atomic E-state index is 11.9. The zero-order valence-corrected chi connectivity index (χ0v) is 11.5. The van der Waals surface area contributed by atoms with Gasteiger partial charge in [0, 0.05) is 18.5 Å². The van der Waals surface area contributed by atoms with Gasteiger partial charge in [-0.3, -0.25) is 9.78 Å². The second-order valence-electron chi connectivity index (χ2n) is 4.31. The monoisotopic (exact) mass is 268 g/mol. The van der Waals surface area contributed by atoms with Crippen molar-refractivity contribution in [2.75, 3.05) is 12.4 Å². The molecule has 0 atom stereocenters. The lowest BCUT2D eigenvalue weighted by atomic mass is 10.2. The maximum Gasteiger partial charge on any atom is 0.248 e. The minimum Gasteiger partial charge on any atom is -0.495 e. The van der Waals surface area contributed by atoms with Crippen LogP contribution < -0.4 is 10.1 Å². The van der Waals surface area contributed by atoms with Crippen molar-refractivity contribution in [3.63, 3.8) is 0 Å². The van der Waals surface area contributed by atoms with E-state index in [1.165, 1.54) is 6.08 Å². The smallest absolute Gasteiger partial charge is 0.248 e. The highest BCUT2D eigenvalue weighted by atomic mass is 16.5. The molecule has 0 aliphatic carbocycles. The fourth-order valence-electron chi connectivity index (χ4n) is 1.74. The van der Waals surface area contributed by atoms with Gasteiger partial charge < -0.3 is 10.1 Å². The normalized spacial score (nSPS) is 10.5. The van der Waals surface area contributed by atoms with Crippen LogP contribution in [0, 0.1) is 6.92 Å². The summed E-state index contributed by atoms with van der Waals surface area (Å²) in [5.74, 6) is 0.437. The van der Waals surface area contributed by atoms with E-state index in [0.717, 1.165) is 11.1 Å². The molecule has 2 aromatic rings. The molecular formula is C16H16N2O2. The van der Waals surface area contributed by atoms with Crippen LogP contribution in [0.2, 0.25) is 0 Å². The Hall–Kier alpha value is -2.62. The van der Waals surface area contributed by atoms with Crippen LogP contribution in [0.3, 0.4) is 0 Å². The summed E-state index contributed by atoms with van der Waals surface area (Å²) in [7, 11) is 1.58. The number of anilines is 1. The molecule has 0 bridgehead atoms. The maximum atomic E-state index is 11.9. The summed E-state index contributed by atoms with van der Waals surface area (Å²) >= 11 is 0. The Balaban J connectivity index is 2.08. The van der Waals surface area contributed by atoms with Crippen molar-refractivity contribution in [3.05, 3.63) is 59.9 Å². The van der Waals surface area contributed by atoms with Gasteiger partial charge in [0.05, 0.1) is 12.8 Å². The van der Waals surface area contributed by atoms with Gasteiger partial charge in [-0.15, -0.1) is 0 Å². The highest BCUT2D eigenvalue weighted by Gasteiger charge is 2.05. The van der Waals surface area contributed by atoms with Gasteiger partial charge in [0.1, 0.15) is 5.75 Å². The first-order chi connectivity index (χ1) is 9.69. The van der Waals surface area contributed by atoms with Crippen LogP contribution in [0.25, 0.3) is 6.08 Å². The molecule has 0 aliphatic heterocycles. The number of amides is 1. The quantitative estimate of drug-likeness (QED) is 0.867. The molecule has 0 spiro atoms. The molecule has 102 valence electrons. The third-order valence-corrected chi connectivity index (χ3v) is 2.75. The highest BCUT2D eigenvalue weighted by Crippen LogP contribution is 2.25. The third kappa shape index (κ3) is 3.68. The average Bonchev–Trinajstić information content (AvgIpc) is 2.46. The Morgan fingerprint density at radius 3 is 2.70 bits per heavy atom. The second-order valence-corrected chi connectivity index (χ2v) is 4.31. The number of methoxy groups -OCH3 is 1. The summed E-state index contributed by atoms with van der Waals surface area (Å²) in [4.78, 5) is 15.8. The summed E-state index contributed by atoms with van der Waals surface area (Å²) in [6.45, 7) is 1.96. The van der Waals surface area contributed by atoms with E-state index in [9.17, 15) is 4.79 Å². The van der Waals surface area contributed by atoms with Crippen LogP contribution in [0.4, 0.5) is 5.69 Å². The Labute approximate surface area is 118 Å². The molecular weight excluding hydrogens is 252 g/mol. The van der Waals surface area contributed by atoms with Gasteiger partial charge in [0.25, 0.3) is 0 Å². The van der Waals surface area contributed by atoms with E-state index in [1.54, 1.807) is 25.6 Å². The van der Waals surface area contributed by atoms with Gasteiger partial charge in [0.2, 0.25) is 5.91 Å². The van der Waals surface area contributed by atoms with Crippen LogP contribution >= 0.6 is 0 Å².